The predicted molar refractivity (Wildman–Crippen MR) is 59.7 cm³/mol. The van der Waals surface area contributed by atoms with Crippen molar-refractivity contribution in [1.82, 2.24) is 4.98 Å². The maximum Gasteiger partial charge on any atom is 0.193 e. The number of halogens is 1. The van der Waals surface area contributed by atoms with Gasteiger partial charge in [-0.25, -0.2) is 4.98 Å². The fraction of sp³-hybridized carbons (Fsp3) is 0. The zero-order valence-corrected chi connectivity index (χ0v) is 8.45. The average molecular weight is 216 g/mol. The largest absolute Gasteiger partial charge is 0.289 e. The molecule has 0 N–H and O–H groups in total. The minimum atomic E-state index is 0.447. The Balaban J connectivity index is 2.77. The molecule has 1 aromatic heterocycles. The van der Waals surface area contributed by atoms with Gasteiger partial charge in [-0.15, -0.1) is 0 Å². The van der Waals surface area contributed by atoms with E-state index >= 15 is 0 Å². The number of hydrogen-bond acceptors (Lipinski definition) is 2. The van der Waals surface area contributed by atoms with E-state index in [0.717, 1.165) is 10.8 Å². The second-order valence-electron chi connectivity index (χ2n) is 2.90. The standard InChI is InChI=1S/C12H6ClNO/c13-12-11-6-2-1-5-10(11)9(8-14-12)4-3-7-15/h1-2,5-8H. The molecule has 0 fully saturated rings. The molecule has 2 aromatic rings. The van der Waals surface area contributed by atoms with Gasteiger partial charge in [-0.2, -0.15) is 0 Å². The van der Waals surface area contributed by atoms with E-state index in [9.17, 15) is 4.79 Å². The molecule has 1 heterocycles. The summed E-state index contributed by atoms with van der Waals surface area (Å²) in [7, 11) is 0. The molecule has 0 atom stereocenters. The van der Waals surface area contributed by atoms with Crippen molar-refractivity contribution in [2.45, 2.75) is 0 Å². The van der Waals surface area contributed by atoms with Gasteiger partial charge < -0.3 is 0 Å². The van der Waals surface area contributed by atoms with Crippen LogP contribution in [0.15, 0.2) is 30.5 Å². The first-order chi connectivity index (χ1) is 7.33. The molecule has 0 unspecified atom stereocenters. The van der Waals surface area contributed by atoms with Crippen molar-refractivity contribution in [3.8, 4) is 11.8 Å². The van der Waals surface area contributed by atoms with Crippen LogP contribution in [0.1, 0.15) is 5.56 Å². The highest BCUT2D eigenvalue weighted by Crippen LogP contribution is 2.23. The van der Waals surface area contributed by atoms with Crippen molar-refractivity contribution in [2.24, 2.45) is 0 Å². The zero-order chi connectivity index (χ0) is 10.7. The third kappa shape index (κ3) is 1.83. The van der Waals surface area contributed by atoms with Crippen molar-refractivity contribution in [2.75, 3.05) is 0 Å². The van der Waals surface area contributed by atoms with Gasteiger partial charge in [0.1, 0.15) is 5.15 Å². The van der Waals surface area contributed by atoms with E-state index in [1.165, 1.54) is 0 Å². The number of hydrogen-bond donors (Lipinski definition) is 0. The van der Waals surface area contributed by atoms with E-state index in [1.807, 2.05) is 24.3 Å². The first-order valence-electron chi connectivity index (χ1n) is 4.31. The van der Waals surface area contributed by atoms with Crippen LogP contribution >= 0.6 is 11.6 Å². The molecule has 0 amide bonds. The van der Waals surface area contributed by atoms with Gasteiger partial charge in [0.05, 0.1) is 5.56 Å². The average Bonchev–Trinajstić information content (AvgIpc) is 2.29. The molecule has 15 heavy (non-hydrogen) atoms. The van der Waals surface area contributed by atoms with E-state index < -0.39 is 0 Å². The Morgan fingerprint density at radius 1 is 1.27 bits per heavy atom. The summed E-state index contributed by atoms with van der Waals surface area (Å²) in [6, 6.07) is 7.55. The van der Waals surface area contributed by atoms with Crippen LogP contribution in [0.3, 0.4) is 0 Å². The number of carbonyl (C=O) groups excluding carboxylic acids is 1. The molecule has 0 aliphatic heterocycles. The van der Waals surface area contributed by atoms with Gasteiger partial charge in [0.15, 0.2) is 6.29 Å². The summed E-state index contributed by atoms with van der Waals surface area (Å²) in [6.45, 7) is 0. The number of fused-ring (bicyclic) bond motifs is 1. The van der Waals surface area contributed by atoms with Crippen molar-refractivity contribution in [3.05, 3.63) is 41.2 Å². The number of aldehydes is 1. The van der Waals surface area contributed by atoms with Gasteiger partial charge in [0.25, 0.3) is 0 Å². The Kier molecular flexibility index (Phi) is 2.66. The van der Waals surface area contributed by atoms with Crippen molar-refractivity contribution >= 4 is 28.7 Å². The van der Waals surface area contributed by atoms with E-state index in [0.29, 0.717) is 17.0 Å². The Labute approximate surface area is 91.9 Å². The summed E-state index contributed by atoms with van der Waals surface area (Å²) >= 11 is 5.93. The van der Waals surface area contributed by atoms with E-state index in [-0.39, 0.29) is 0 Å². The van der Waals surface area contributed by atoms with Crippen LogP contribution in [0, 0.1) is 11.8 Å². The molecule has 3 heteroatoms. The van der Waals surface area contributed by atoms with Gasteiger partial charge >= 0.3 is 0 Å². The lowest BCUT2D eigenvalue weighted by Crippen LogP contribution is -1.84. The molecule has 0 spiro atoms. The first-order valence-corrected chi connectivity index (χ1v) is 4.69. The molecule has 0 saturated heterocycles. The van der Waals surface area contributed by atoms with Crippen LogP contribution in [-0.2, 0) is 4.79 Å². The highest BCUT2D eigenvalue weighted by molar-refractivity contribution is 6.34. The fourth-order valence-corrected chi connectivity index (χ4v) is 1.58. The summed E-state index contributed by atoms with van der Waals surface area (Å²) in [6.07, 6.45) is 2.13. The third-order valence-corrected chi connectivity index (χ3v) is 2.31. The number of pyridine rings is 1. The maximum absolute atomic E-state index is 10.2. The van der Waals surface area contributed by atoms with Gasteiger partial charge in [-0.3, -0.25) is 4.79 Å². The fourth-order valence-electron chi connectivity index (χ4n) is 1.37. The molecule has 0 radical (unpaired) electrons. The summed E-state index contributed by atoms with van der Waals surface area (Å²) in [4.78, 5) is 14.2. The highest BCUT2D eigenvalue weighted by Gasteiger charge is 2.02. The summed E-state index contributed by atoms with van der Waals surface area (Å²) in [5.41, 5.74) is 0.710. The van der Waals surface area contributed by atoms with Gasteiger partial charge in [-0.05, 0) is 5.92 Å². The summed E-state index contributed by atoms with van der Waals surface area (Å²) in [5, 5.41) is 2.20. The van der Waals surface area contributed by atoms with E-state index in [2.05, 4.69) is 16.8 Å². The van der Waals surface area contributed by atoms with E-state index in [1.54, 1.807) is 6.20 Å². The van der Waals surface area contributed by atoms with Crippen LogP contribution in [0.4, 0.5) is 0 Å². The summed E-state index contributed by atoms with van der Waals surface area (Å²) < 4.78 is 0. The quantitative estimate of drug-likeness (QED) is 0.384. The highest BCUT2D eigenvalue weighted by atomic mass is 35.5. The number of aromatic nitrogens is 1. The molecule has 0 aliphatic carbocycles. The number of carbonyl (C=O) groups is 1. The van der Waals surface area contributed by atoms with Crippen LogP contribution in [-0.4, -0.2) is 11.3 Å². The normalized spacial score (nSPS) is 9.40. The lowest BCUT2D eigenvalue weighted by atomic mass is 10.1. The monoisotopic (exact) mass is 215 g/mol. The molecule has 0 aliphatic rings. The van der Waals surface area contributed by atoms with Gasteiger partial charge in [0.2, 0.25) is 0 Å². The number of rotatable bonds is 0. The molecule has 0 bridgehead atoms. The second-order valence-corrected chi connectivity index (χ2v) is 3.25. The molecule has 72 valence electrons. The minimum absolute atomic E-state index is 0.447. The second kappa shape index (κ2) is 4.12. The maximum atomic E-state index is 10.2. The molecular formula is C12H6ClNO. The van der Waals surface area contributed by atoms with E-state index in [4.69, 9.17) is 11.6 Å². The third-order valence-electron chi connectivity index (χ3n) is 2.01. The Morgan fingerprint density at radius 3 is 2.73 bits per heavy atom. The molecule has 2 nitrogen and oxygen atoms in total. The Morgan fingerprint density at radius 2 is 2.00 bits per heavy atom. The number of benzene rings is 1. The molecular weight excluding hydrogens is 210 g/mol. The first kappa shape index (κ1) is 9.70. The Bertz CT molecular complexity index is 581. The van der Waals surface area contributed by atoms with Crippen molar-refractivity contribution in [1.29, 1.82) is 0 Å². The lowest BCUT2D eigenvalue weighted by molar-refractivity contribution is -0.103. The predicted octanol–water partition coefficient (Wildman–Crippen LogP) is 2.44. The Hall–Kier alpha value is -1.85. The number of nitrogens with zero attached hydrogens (tertiary/aromatic N) is 1. The molecule has 1 aromatic carbocycles. The van der Waals surface area contributed by atoms with Crippen molar-refractivity contribution in [3.63, 3.8) is 0 Å². The lowest BCUT2D eigenvalue weighted by Gasteiger charge is -2.01. The topological polar surface area (TPSA) is 30.0 Å². The summed E-state index contributed by atoms with van der Waals surface area (Å²) in [5.74, 6) is 5.09. The van der Waals surface area contributed by atoms with Crippen LogP contribution in [0.2, 0.25) is 5.15 Å². The van der Waals surface area contributed by atoms with Gasteiger partial charge in [0, 0.05) is 17.0 Å². The minimum Gasteiger partial charge on any atom is -0.289 e. The van der Waals surface area contributed by atoms with Gasteiger partial charge in [-0.1, -0.05) is 41.8 Å². The molecule has 2 rings (SSSR count). The SMILES string of the molecule is O=CC#Cc1cnc(Cl)c2ccccc12. The van der Waals surface area contributed by atoms with Crippen LogP contribution in [0.25, 0.3) is 10.8 Å². The molecule has 0 saturated carbocycles. The van der Waals surface area contributed by atoms with Crippen LogP contribution in [0.5, 0.6) is 0 Å². The smallest absolute Gasteiger partial charge is 0.193 e. The van der Waals surface area contributed by atoms with Crippen molar-refractivity contribution < 1.29 is 4.79 Å². The van der Waals surface area contributed by atoms with Crippen LogP contribution < -0.4 is 0 Å². The zero-order valence-electron chi connectivity index (χ0n) is 7.70.